The number of aromatic nitrogens is 1. The van der Waals surface area contributed by atoms with Crippen LogP contribution in [-0.4, -0.2) is 4.57 Å². The Kier molecular flexibility index (Phi) is 4.95. The first-order valence-corrected chi connectivity index (χ1v) is 18.3. The van der Waals surface area contributed by atoms with E-state index >= 15 is 0 Å². The number of anilines is 3. The maximum absolute atomic E-state index is 2.67. The van der Waals surface area contributed by atoms with Crippen LogP contribution in [0.1, 0.15) is 99.9 Å². The van der Waals surface area contributed by atoms with Gasteiger partial charge >= 0.3 is 0 Å². The zero-order chi connectivity index (χ0) is 34.3. The van der Waals surface area contributed by atoms with Crippen LogP contribution in [-0.2, 0) is 21.7 Å². The van der Waals surface area contributed by atoms with Crippen LogP contribution in [0.3, 0.4) is 0 Å². The van der Waals surface area contributed by atoms with Crippen molar-refractivity contribution in [3.05, 3.63) is 154 Å². The molecule has 0 fully saturated rings. The Bertz CT molecular complexity index is 2620. The minimum absolute atomic E-state index is 0.0713. The molecule has 0 unspecified atom stereocenters. The normalized spacial score (nSPS) is 18.6. The molecule has 0 amide bonds. The molecule has 50 heavy (non-hydrogen) atoms. The van der Waals surface area contributed by atoms with Gasteiger partial charge < -0.3 is 9.47 Å². The molecule has 0 atom stereocenters. The van der Waals surface area contributed by atoms with Gasteiger partial charge in [0.2, 0.25) is 0 Å². The van der Waals surface area contributed by atoms with Crippen molar-refractivity contribution in [3.8, 4) is 16.8 Å². The zero-order valence-electron chi connectivity index (χ0n) is 30.3. The lowest BCUT2D eigenvalue weighted by Crippen LogP contribution is -2.43. The molecule has 3 aliphatic heterocycles. The highest BCUT2D eigenvalue weighted by molar-refractivity contribution is 6.12. The second kappa shape index (κ2) is 8.61. The van der Waals surface area contributed by atoms with E-state index in [1.807, 2.05) is 0 Å². The maximum atomic E-state index is 2.67. The van der Waals surface area contributed by atoms with E-state index in [0.717, 1.165) is 0 Å². The molecule has 2 nitrogen and oxygen atoms in total. The summed E-state index contributed by atoms with van der Waals surface area (Å²) in [5, 5.41) is 2.63. The first-order valence-electron chi connectivity index (χ1n) is 18.3. The average Bonchev–Trinajstić information content (AvgIpc) is 3.54. The minimum Gasteiger partial charge on any atom is -0.309 e. The van der Waals surface area contributed by atoms with Crippen molar-refractivity contribution >= 4 is 38.9 Å². The van der Waals surface area contributed by atoms with E-state index in [0.29, 0.717) is 0 Å². The van der Waals surface area contributed by atoms with Gasteiger partial charge in [0.1, 0.15) is 0 Å². The molecular formula is C48H42N2. The predicted octanol–water partition coefficient (Wildman–Crippen LogP) is 12.5. The second-order valence-corrected chi connectivity index (χ2v) is 17.4. The molecule has 0 bridgehead atoms. The second-order valence-electron chi connectivity index (χ2n) is 17.4. The van der Waals surface area contributed by atoms with Crippen molar-refractivity contribution < 1.29 is 0 Å². The first kappa shape index (κ1) is 28.7. The van der Waals surface area contributed by atoms with Gasteiger partial charge in [-0.3, -0.25) is 0 Å². The van der Waals surface area contributed by atoms with Crippen LogP contribution < -0.4 is 4.90 Å². The first-order chi connectivity index (χ1) is 23.8. The standard InChI is InChI=1S/C48H42N2/c1-45(2)32-17-11-9-15-28(32)30-25-31-29-16-10-12-22-40(29)49(41(31)26-37(30)45)27-23-38-44-39(24-27)48(7,8)36-21-14-19-34-43(36)50(44)42-33(46(34,3)4)18-13-20-35(42)47(38,5)6/h9-26H,1-8H3. The van der Waals surface area contributed by atoms with Crippen molar-refractivity contribution in [2.45, 2.75) is 77.0 Å². The lowest BCUT2D eigenvalue weighted by Gasteiger charge is -2.55. The molecular weight excluding hydrogens is 605 g/mol. The van der Waals surface area contributed by atoms with E-state index in [-0.39, 0.29) is 21.7 Å². The highest BCUT2D eigenvalue weighted by Crippen LogP contribution is 2.66. The van der Waals surface area contributed by atoms with Gasteiger partial charge in [-0.2, -0.15) is 0 Å². The topological polar surface area (TPSA) is 8.17 Å². The molecule has 244 valence electrons. The molecule has 6 aromatic carbocycles. The van der Waals surface area contributed by atoms with Crippen molar-refractivity contribution in [1.29, 1.82) is 0 Å². The van der Waals surface area contributed by atoms with Crippen molar-refractivity contribution in [2.75, 3.05) is 4.90 Å². The molecule has 4 heterocycles. The number of nitrogens with zero attached hydrogens (tertiary/aromatic N) is 2. The van der Waals surface area contributed by atoms with Crippen LogP contribution in [0.4, 0.5) is 17.1 Å². The third kappa shape index (κ3) is 3.06. The summed E-state index contributed by atoms with van der Waals surface area (Å²) < 4.78 is 2.57. The van der Waals surface area contributed by atoms with Gasteiger partial charge in [0.25, 0.3) is 0 Å². The van der Waals surface area contributed by atoms with Gasteiger partial charge in [0.15, 0.2) is 0 Å². The summed E-state index contributed by atoms with van der Waals surface area (Å²) in [7, 11) is 0. The van der Waals surface area contributed by atoms with Crippen LogP contribution in [0.25, 0.3) is 38.6 Å². The highest BCUT2D eigenvalue weighted by Gasteiger charge is 2.51. The van der Waals surface area contributed by atoms with E-state index in [4.69, 9.17) is 0 Å². The number of fused-ring (bicyclic) bond motifs is 6. The van der Waals surface area contributed by atoms with Crippen LogP contribution in [0.15, 0.2) is 109 Å². The van der Waals surface area contributed by atoms with Gasteiger partial charge in [-0.25, -0.2) is 0 Å². The largest absolute Gasteiger partial charge is 0.309 e. The molecule has 0 saturated carbocycles. The summed E-state index contributed by atoms with van der Waals surface area (Å²) in [5.74, 6) is 0. The summed E-state index contributed by atoms with van der Waals surface area (Å²) in [4.78, 5) is 2.67. The number of hydrogen-bond acceptors (Lipinski definition) is 1. The van der Waals surface area contributed by atoms with Gasteiger partial charge in [-0.05, 0) is 86.0 Å². The number of para-hydroxylation sites is 3. The fraction of sp³-hybridized carbons (Fsp3) is 0.250. The van der Waals surface area contributed by atoms with Crippen LogP contribution >= 0.6 is 0 Å². The quantitative estimate of drug-likeness (QED) is 0.172. The average molecular weight is 647 g/mol. The molecule has 2 heteroatoms. The van der Waals surface area contributed by atoms with E-state index in [2.05, 4.69) is 174 Å². The fourth-order valence-corrected chi connectivity index (χ4v) is 10.7. The van der Waals surface area contributed by atoms with Crippen molar-refractivity contribution in [3.63, 3.8) is 0 Å². The number of hydrogen-bond donors (Lipinski definition) is 0. The zero-order valence-corrected chi connectivity index (χ0v) is 30.3. The Labute approximate surface area is 295 Å². The fourth-order valence-electron chi connectivity index (χ4n) is 10.7. The minimum atomic E-state index is -0.193. The highest BCUT2D eigenvalue weighted by atomic mass is 15.2. The Morgan fingerprint density at radius 3 is 1.46 bits per heavy atom. The lowest BCUT2D eigenvalue weighted by atomic mass is 9.61. The van der Waals surface area contributed by atoms with Crippen LogP contribution in [0.5, 0.6) is 0 Å². The smallest absolute Gasteiger partial charge is 0.0545 e. The van der Waals surface area contributed by atoms with Gasteiger partial charge in [0.05, 0.1) is 28.1 Å². The Hall–Kier alpha value is -5.08. The van der Waals surface area contributed by atoms with E-state index in [1.54, 1.807) is 0 Å². The summed E-state index contributed by atoms with van der Waals surface area (Å²) in [6.45, 7) is 19.4. The molecule has 0 radical (unpaired) electrons. The number of rotatable bonds is 1. The summed E-state index contributed by atoms with van der Waals surface area (Å²) in [6.07, 6.45) is 0. The third-order valence-corrected chi connectivity index (χ3v) is 13.5. The van der Waals surface area contributed by atoms with Gasteiger partial charge in [-0.1, -0.05) is 134 Å². The van der Waals surface area contributed by atoms with Crippen molar-refractivity contribution in [2.24, 2.45) is 0 Å². The maximum Gasteiger partial charge on any atom is 0.0545 e. The van der Waals surface area contributed by atoms with E-state index in [9.17, 15) is 0 Å². The Morgan fingerprint density at radius 2 is 0.840 bits per heavy atom. The predicted molar refractivity (Wildman–Crippen MR) is 209 cm³/mol. The van der Waals surface area contributed by atoms with Crippen LogP contribution in [0.2, 0.25) is 0 Å². The van der Waals surface area contributed by atoms with E-state index < -0.39 is 0 Å². The number of benzene rings is 6. The molecule has 1 aromatic heterocycles. The third-order valence-electron chi connectivity index (χ3n) is 13.5. The monoisotopic (exact) mass is 646 g/mol. The van der Waals surface area contributed by atoms with Gasteiger partial charge in [0, 0.05) is 38.1 Å². The summed E-state index contributed by atoms with van der Waals surface area (Å²) in [6, 6.07) is 42.2. The summed E-state index contributed by atoms with van der Waals surface area (Å²) in [5.41, 5.74) is 21.5. The van der Waals surface area contributed by atoms with Crippen LogP contribution in [0, 0.1) is 0 Å². The molecule has 7 aromatic rings. The Morgan fingerprint density at radius 1 is 0.360 bits per heavy atom. The van der Waals surface area contributed by atoms with Crippen molar-refractivity contribution in [1.82, 2.24) is 4.57 Å². The summed E-state index contributed by atoms with van der Waals surface area (Å²) >= 11 is 0. The van der Waals surface area contributed by atoms with E-state index in [1.165, 1.54) is 100 Å². The molecule has 0 N–H and O–H groups in total. The SMILES string of the molecule is CC1(C)c2ccccc2-c2cc3c4ccccc4n(-c4cc5c6c(c4)C(C)(C)c4cccc7c4N6c4c(cccc4C5(C)C)C7(C)C)c3cc21. The lowest BCUT2D eigenvalue weighted by molar-refractivity contribution is 0.566. The molecule has 1 aliphatic carbocycles. The van der Waals surface area contributed by atoms with Gasteiger partial charge in [-0.15, -0.1) is 0 Å². The molecule has 11 rings (SSSR count). The Balaban J connectivity index is 1.27. The molecule has 0 spiro atoms. The molecule has 0 saturated heterocycles. The molecule has 4 aliphatic rings.